The number of nitrogens with zero attached hydrogens (tertiary/aromatic N) is 4. The van der Waals surface area contributed by atoms with Crippen molar-refractivity contribution in [3.8, 4) is 0 Å². The molecule has 3 aliphatic rings. The maximum absolute atomic E-state index is 14.8. The normalized spacial score (nSPS) is 24.5. The van der Waals surface area contributed by atoms with Crippen LogP contribution in [0.4, 0.5) is 11.4 Å². The molecule has 0 saturated carbocycles. The fourth-order valence-electron chi connectivity index (χ4n) is 7.78. The molecule has 2 aromatic carbocycles. The Bertz CT molecular complexity index is 1390. The molecular formula is C37H48N4O5. The van der Waals surface area contributed by atoms with Crippen molar-refractivity contribution in [3.05, 3.63) is 85.5 Å². The van der Waals surface area contributed by atoms with Gasteiger partial charge in [0, 0.05) is 57.3 Å². The summed E-state index contributed by atoms with van der Waals surface area (Å²) >= 11 is 0. The average Bonchev–Trinajstić information content (AvgIpc) is 3.72. The van der Waals surface area contributed by atoms with Crippen molar-refractivity contribution >= 4 is 29.1 Å². The standard InChI is InChI=1S/C37H48N4O5/c1-5-22-39(26-27-14-10-9-11-15-27)34(43)31-30-20-21-37(46-30)32(31)35(44)41(24-12-13-25-42)33(37)36(45)40(23-6-2)29-18-16-28(17-19-29)38(7-3)8-4/h5-6,9-11,14-19,30-33,42H,1-2,7-8,12-13,20-26H2,3-4H3/t30-,31+,32+,33?,37?/m1/s1. The summed E-state index contributed by atoms with van der Waals surface area (Å²) < 4.78 is 6.72. The third-order valence-corrected chi connectivity index (χ3v) is 9.87. The molecule has 2 unspecified atom stereocenters. The third-order valence-electron chi connectivity index (χ3n) is 9.87. The number of hydrogen-bond acceptors (Lipinski definition) is 6. The van der Waals surface area contributed by atoms with Crippen LogP contribution in [0.1, 0.15) is 45.1 Å². The summed E-state index contributed by atoms with van der Waals surface area (Å²) in [7, 11) is 0. The molecule has 246 valence electrons. The largest absolute Gasteiger partial charge is 0.396 e. The van der Waals surface area contributed by atoms with Gasteiger partial charge in [-0.2, -0.15) is 0 Å². The molecule has 9 nitrogen and oxygen atoms in total. The van der Waals surface area contributed by atoms with Crippen molar-refractivity contribution in [2.24, 2.45) is 11.8 Å². The van der Waals surface area contributed by atoms with Crippen molar-refractivity contribution in [1.82, 2.24) is 9.80 Å². The summed E-state index contributed by atoms with van der Waals surface area (Å²) in [6.07, 6.45) is 5.10. The monoisotopic (exact) mass is 628 g/mol. The molecule has 3 saturated heterocycles. The first-order valence-corrected chi connectivity index (χ1v) is 16.6. The summed E-state index contributed by atoms with van der Waals surface area (Å²) in [5.41, 5.74) is 1.66. The predicted octanol–water partition coefficient (Wildman–Crippen LogP) is 4.41. The van der Waals surface area contributed by atoms with E-state index in [2.05, 4.69) is 31.9 Å². The molecule has 3 heterocycles. The van der Waals surface area contributed by atoms with Crippen molar-refractivity contribution in [1.29, 1.82) is 0 Å². The first-order chi connectivity index (χ1) is 22.3. The molecule has 5 atom stereocenters. The zero-order valence-electron chi connectivity index (χ0n) is 27.2. The Kier molecular flexibility index (Phi) is 10.6. The fourth-order valence-corrected chi connectivity index (χ4v) is 7.78. The molecule has 3 aliphatic heterocycles. The number of likely N-dealkylation sites (tertiary alicyclic amines) is 1. The molecule has 0 aromatic heterocycles. The van der Waals surface area contributed by atoms with Crippen LogP contribution in [0, 0.1) is 11.8 Å². The molecule has 2 bridgehead atoms. The Labute approximate surface area is 273 Å². The van der Waals surface area contributed by atoms with Crippen LogP contribution in [-0.4, -0.2) is 89.7 Å². The minimum absolute atomic E-state index is 0.00756. The van der Waals surface area contributed by atoms with Gasteiger partial charge in [0.2, 0.25) is 11.8 Å². The van der Waals surface area contributed by atoms with Gasteiger partial charge in [-0.05, 0) is 69.4 Å². The fraction of sp³-hybridized carbons (Fsp3) is 0.486. The van der Waals surface area contributed by atoms with Crippen molar-refractivity contribution in [2.45, 2.75) is 63.8 Å². The van der Waals surface area contributed by atoms with Gasteiger partial charge in [-0.1, -0.05) is 42.5 Å². The maximum Gasteiger partial charge on any atom is 0.253 e. The van der Waals surface area contributed by atoms with Crippen LogP contribution in [0.25, 0.3) is 0 Å². The van der Waals surface area contributed by atoms with E-state index in [4.69, 9.17) is 4.74 Å². The van der Waals surface area contributed by atoms with Crippen LogP contribution >= 0.6 is 0 Å². The molecule has 3 fully saturated rings. The Morgan fingerprint density at radius 1 is 0.978 bits per heavy atom. The van der Waals surface area contributed by atoms with Gasteiger partial charge >= 0.3 is 0 Å². The van der Waals surface area contributed by atoms with E-state index in [1.54, 1.807) is 26.9 Å². The van der Waals surface area contributed by atoms with Gasteiger partial charge in [0.05, 0.1) is 17.9 Å². The minimum atomic E-state index is -1.11. The van der Waals surface area contributed by atoms with Crippen molar-refractivity contribution < 1.29 is 24.2 Å². The van der Waals surface area contributed by atoms with Crippen LogP contribution in [-0.2, 0) is 25.7 Å². The summed E-state index contributed by atoms with van der Waals surface area (Å²) in [6, 6.07) is 16.8. The van der Waals surface area contributed by atoms with E-state index in [9.17, 15) is 19.5 Å². The number of anilines is 2. The number of aliphatic hydroxyl groups is 1. The first-order valence-electron chi connectivity index (χ1n) is 16.6. The number of amides is 3. The number of carbonyl (C=O) groups is 3. The number of hydrogen-bond donors (Lipinski definition) is 1. The lowest BCUT2D eigenvalue weighted by atomic mass is 9.70. The van der Waals surface area contributed by atoms with E-state index in [0.29, 0.717) is 51.0 Å². The number of benzene rings is 2. The van der Waals surface area contributed by atoms with Gasteiger partial charge < -0.3 is 29.4 Å². The number of unbranched alkanes of at least 4 members (excludes halogenated alkanes) is 1. The van der Waals surface area contributed by atoms with Gasteiger partial charge in [-0.3, -0.25) is 14.4 Å². The SMILES string of the molecule is C=CCN(Cc1ccccc1)C(=O)[C@@H]1[C@H]2C(=O)N(CCCCO)C(C(=O)N(CC=C)c3ccc(N(CC)CC)cc3)C23CC[C@H]1O3. The zero-order valence-corrected chi connectivity index (χ0v) is 27.2. The number of aliphatic hydroxyl groups excluding tert-OH is 1. The smallest absolute Gasteiger partial charge is 0.253 e. The quantitative estimate of drug-likeness (QED) is 0.219. The number of ether oxygens (including phenoxy) is 1. The average molecular weight is 629 g/mol. The first kappa shape index (κ1) is 33.4. The topological polar surface area (TPSA) is 93.6 Å². The highest BCUT2D eigenvalue weighted by Crippen LogP contribution is 2.59. The number of fused-ring (bicyclic) bond motifs is 1. The molecular weight excluding hydrogens is 580 g/mol. The van der Waals surface area contributed by atoms with E-state index in [1.807, 2.05) is 54.6 Å². The van der Waals surface area contributed by atoms with Crippen LogP contribution in [0.3, 0.4) is 0 Å². The molecule has 5 rings (SSSR count). The van der Waals surface area contributed by atoms with E-state index >= 15 is 0 Å². The van der Waals surface area contributed by atoms with E-state index in [0.717, 1.165) is 24.3 Å². The molecule has 1 spiro atoms. The number of rotatable bonds is 16. The lowest BCUT2D eigenvalue weighted by molar-refractivity contribution is -0.145. The molecule has 3 amide bonds. The summed E-state index contributed by atoms with van der Waals surface area (Å²) in [5.74, 6) is -2.06. The van der Waals surface area contributed by atoms with Crippen molar-refractivity contribution in [2.75, 3.05) is 49.1 Å². The van der Waals surface area contributed by atoms with E-state index < -0.39 is 29.6 Å². The highest BCUT2D eigenvalue weighted by molar-refractivity contribution is 6.05. The highest BCUT2D eigenvalue weighted by atomic mass is 16.5. The minimum Gasteiger partial charge on any atom is -0.396 e. The van der Waals surface area contributed by atoms with Crippen LogP contribution < -0.4 is 9.80 Å². The lowest BCUT2D eigenvalue weighted by Gasteiger charge is -2.37. The lowest BCUT2D eigenvalue weighted by Crippen LogP contribution is -2.56. The van der Waals surface area contributed by atoms with Gasteiger partial charge in [-0.15, -0.1) is 13.2 Å². The van der Waals surface area contributed by atoms with Crippen molar-refractivity contribution in [3.63, 3.8) is 0 Å². The number of carbonyl (C=O) groups excluding carboxylic acids is 3. The zero-order chi connectivity index (χ0) is 32.8. The third kappa shape index (κ3) is 6.10. The Hall–Kier alpha value is -3.95. The summed E-state index contributed by atoms with van der Waals surface area (Å²) in [6.45, 7) is 15.0. The highest BCUT2D eigenvalue weighted by Gasteiger charge is 2.74. The molecule has 0 radical (unpaired) electrons. The summed E-state index contributed by atoms with van der Waals surface area (Å²) in [4.78, 5) is 50.8. The Morgan fingerprint density at radius 2 is 1.65 bits per heavy atom. The van der Waals surface area contributed by atoms with E-state index in [1.165, 1.54) is 0 Å². The predicted molar refractivity (Wildman–Crippen MR) is 180 cm³/mol. The second-order valence-electron chi connectivity index (χ2n) is 12.4. The molecule has 46 heavy (non-hydrogen) atoms. The molecule has 0 aliphatic carbocycles. The van der Waals surface area contributed by atoms with Crippen LogP contribution in [0.15, 0.2) is 79.9 Å². The molecule has 2 aromatic rings. The van der Waals surface area contributed by atoms with Gasteiger partial charge in [0.1, 0.15) is 11.6 Å². The second kappa shape index (κ2) is 14.6. The van der Waals surface area contributed by atoms with Crippen LogP contribution in [0.2, 0.25) is 0 Å². The van der Waals surface area contributed by atoms with E-state index in [-0.39, 0.29) is 30.9 Å². The Morgan fingerprint density at radius 3 is 2.28 bits per heavy atom. The molecule has 1 N–H and O–H groups in total. The van der Waals surface area contributed by atoms with Gasteiger partial charge in [0.15, 0.2) is 0 Å². The van der Waals surface area contributed by atoms with Gasteiger partial charge in [0.25, 0.3) is 5.91 Å². The maximum atomic E-state index is 14.8. The summed E-state index contributed by atoms with van der Waals surface area (Å²) in [5, 5.41) is 9.52. The van der Waals surface area contributed by atoms with Gasteiger partial charge in [-0.25, -0.2) is 0 Å². The Balaban J connectivity index is 1.49. The van der Waals surface area contributed by atoms with Crippen LogP contribution in [0.5, 0.6) is 0 Å². The molecule has 9 heteroatoms. The second-order valence-corrected chi connectivity index (χ2v) is 12.4.